The number of nitrogens with zero attached hydrogens (tertiary/aromatic N) is 2. The number of likely N-dealkylation sites (tertiary alicyclic amines) is 1. The van der Waals surface area contributed by atoms with Gasteiger partial charge in [-0.05, 0) is 56.2 Å². The number of anilines is 1. The van der Waals surface area contributed by atoms with Gasteiger partial charge in [-0.25, -0.2) is 0 Å². The summed E-state index contributed by atoms with van der Waals surface area (Å²) in [4.78, 5) is 44.4. The lowest BCUT2D eigenvalue weighted by molar-refractivity contribution is -0.142. The van der Waals surface area contributed by atoms with E-state index in [1.807, 2.05) is 49.9 Å². The van der Waals surface area contributed by atoms with Crippen LogP contribution in [0, 0.1) is 11.8 Å². The van der Waals surface area contributed by atoms with Crippen molar-refractivity contribution < 1.29 is 14.4 Å². The first-order valence-electron chi connectivity index (χ1n) is 11.1. The Morgan fingerprint density at radius 2 is 1.69 bits per heavy atom. The number of rotatable bonds is 4. The average molecular weight is 449 g/mol. The molecule has 3 heterocycles. The second kappa shape index (κ2) is 7.59. The van der Waals surface area contributed by atoms with Gasteiger partial charge in [-0.15, -0.1) is 0 Å². The van der Waals surface area contributed by atoms with Crippen molar-refractivity contribution in [2.75, 3.05) is 4.90 Å². The molecule has 2 aromatic rings. The first-order chi connectivity index (χ1) is 15.3. The summed E-state index contributed by atoms with van der Waals surface area (Å²) in [6.45, 7) is 5.87. The number of Topliss-reactive ketones (excluding diaryl/α,β-unsaturated/α-hetero) is 1. The summed E-state index contributed by atoms with van der Waals surface area (Å²) in [7, 11) is 0. The number of halogens is 1. The van der Waals surface area contributed by atoms with Crippen molar-refractivity contribution in [3.05, 3.63) is 70.8 Å². The van der Waals surface area contributed by atoms with E-state index < -0.39 is 17.9 Å². The Morgan fingerprint density at radius 3 is 2.38 bits per heavy atom. The van der Waals surface area contributed by atoms with E-state index in [9.17, 15) is 14.4 Å². The van der Waals surface area contributed by atoms with Gasteiger partial charge in [0.05, 0.1) is 17.9 Å². The number of carbonyl (C=O) groups is 3. The van der Waals surface area contributed by atoms with E-state index in [1.165, 1.54) is 4.90 Å². The van der Waals surface area contributed by atoms with Gasteiger partial charge in [0.25, 0.3) is 0 Å². The van der Waals surface area contributed by atoms with Gasteiger partial charge in [-0.2, -0.15) is 0 Å². The number of para-hydroxylation sites is 1. The first-order valence-corrected chi connectivity index (χ1v) is 11.5. The monoisotopic (exact) mass is 448 g/mol. The van der Waals surface area contributed by atoms with Gasteiger partial charge < -0.3 is 4.90 Å². The third-order valence-electron chi connectivity index (χ3n) is 7.22. The molecular formula is C26H25ClN2O3. The van der Waals surface area contributed by atoms with Crippen LogP contribution in [0.25, 0.3) is 5.57 Å². The van der Waals surface area contributed by atoms with Crippen molar-refractivity contribution in [2.45, 2.75) is 45.3 Å². The highest BCUT2D eigenvalue weighted by Crippen LogP contribution is 2.50. The van der Waals surface area contributed by atoms with Crippen LogP contribution in [0.1, 0.15) is 43.1 Å². The van der Waals surface area contributed by atoms with E-state index >= 15 is 0 Å². The van der Waals surface area contributed by atoms with Gasteiger partial charge in [-0.1, -0.05) is 42.8 Å². The Balaban J connectivity index is 1.68. The van der Waals surface area contributed by atoms with Crippen molar-refractivity contribution in [3.63, 3.8) is 0 Å². The fourth-order valence-corrected chi connectivity index (χ4v) is 5.65. The Bertz CT molecular complexity index is 1160. The standard InChI is InChI=1S/C26H25ClN2O3/c1-4-15(3)28-25(31)21-20-13-14(2)18-7-5-6-8-19(18)29(20)23(22(21)26(28)32)24(30)16-9-11-17(27)12-10-16/h5-13,15,20-23H,4H2,1-3H3/t15-,20-,21-,22-,23-/m1/s1. The molecule has 2 fully saturated rings. The van der Waals surface area contributed by atoms with Crippen LogP contribution in [-0.4, -0.2) is 40.6 Å². The van der Waals surface area contributed by atoms with Gasteiger partial charge in [0.2, 0.25) is 11.8 Å². The molecular weight excluding hydrogens is 424 g/mol. The Kier molecular flexibility index (Phi) is 4.97. The highest BCUT2D eigenvalue weighted by Gasteiger charge is 2.64. The van der Waals surface area contributed by atoms with Crippen molar-refractivity contribution in [1.29, 1.82) is 0 Å². The minimum Gasteiger partial charge on any atom is -0.352 e. The molecule has 32 heavy (non-hydrogen) atoms. The van der Waals surface area contributed by atoms with E-state index in [0.717, 1.165) is 16.8 Å². The summed E-state index contributed by atoms with van der Waals surface area (Å²) in [5.74, 6) is -1.84. The molecule has 5 rings (SSSR count). The number of amides is 2. The topological polar surface area (TPSA) is 57.7 Å². The van der Waals surface area contributed by atoms with Crippen molar-refractivity contribution >= 4 is 40.5 Å². The molecule has 0 unspecified atom stereocenters. The summed E-state index contributed by atoms with van der Waals surface area (Å²) in [5, 5.41) is 0.542. The van der Waals surface area contributed by atoms with Gasteiger partial charge >= 0.3 is 0 Å². The second-order valence-electron chi connectivity index (χ2n) is 8.94. The Labute approximate surface area is 192 Å². The molecule has 3 aliphatic heterocycles. The molecule has 0 aromatic heterocycles. The van der Waals surface area contributed by atoms with Gasteiger partial charge in [0.1, 0.15) is 6.04 Å². The number of carbonyl (C=O) groups excluding carboxylic acids is 3. The summed E-state index contributed by atoms with van der Waals surface area (Å²) >= 11 is 6.04. The lowest BCUT2D eigenvalue weighted by Gasteiger charge is -2.38. The number of imide groups is 1. The van der Waals surface area contributed by atoms with Crippen LogP contribution in [0.5, 0.6) is 0 Å². The molecule has 6 heteroatoms. The van der Waals surface area contributed by atoms with Crippen LogP contribution in [0.2, 0.25) is 5.02 Å². The number of benzene rings is 2. The van der Waals surface area contributed by atoms with Crippen LogP contribution < -0.4 is 4.90 Å². The molecule has 0 aliphatic carbocycles. The van der Waals surface area contributed by atoms with Gasteiger partial charge in [0.15, 0.2) is 5.78 Å². The molecule has 5 nitrogen and oxygen atoms in total. The van der Waals surface area contributed by atoms with E-state index in [2.05, 4.69) is 6.08 Å². The maximum atomic E-state index is 13.9. The predicted molar refractivity (Wildman–Crippen MR) is 125 cm³/mol. The second-order valence-corrected chi connectivity index (χ2v) is 9.37. The van der Waals surface area contributed by atoms with Crippen molar-refractivity contribution in [3.8, 4) is 0 Å². The molecule has 5 atom stereocenters. The minimum atomic E-state index is -0.748. The molecule has 0 saturated carbocycles. The van der Waals surface area contributed by atoms with E-state index in [-0.39, 0.29) is 29.7 Å². The fraction of sp³-hybridized carbons (Fsp3) is 0.346. The highest BCUT2D eigenvalue weighted by molar-refractivity contribution is 6.30. The smallest absolute Gasteiger partial charge is 0.236 e. The molecule has 2 amide bonds. The summed E-state index contributed by atoms with van der Waals surface area (Å²) in [6, 6.07) is 13.4. The van der Waals surface area contributed by atoms with Crippen LogP contribution in [-0.2, 0) is 9.59 Å². The third-order valence-corrected chi connectivity index (χ3v) is 7.47. The van der Waals surface area contributed by atoms with Gasteiger partial charge in [-0.3, -0.25) is 19.3 Å². The molecule has 3 aliphatic rings. The lowest BCUT2D eigenvalue weighted by Crippen LogP contribution is -2.50. The van der Waals surface area contributed by atoms with E-state index in [1.54, 1.807) is 24.3 Å². The quantitative estimate of drug-likeness (QED) is 0.506. The number of fused-ring (bicyclic) bond motifs is 5. The average Bonchev–Trinajstić information content (AvgIpc) is 3.26. The normalized spacial score (nSPS) is 27.1. The van der Waals surface area contributed by atoms with Crippen LogP contribution in [0.3, 0.4) is 0 Å². The Morgan fingerprint density at radius 1 is 1.03 bits per heavy atom. The molecule has 0 N–H and O–H groups in total. The third kappa shape index (κ3) is 2.87. The van der Waals surface area contributed by atoms with Crippen LogP contribution in [0.4, 0.5) is 5.69 Å². The molecule has 2 aromatic carbocycles. The number of hydrogen-bond donors (Lipinski definition) is 0. The fourth-order valence-electron chi connectivity index (χ4n) is 5.52. The number of ketones is 1. The molecule has 2 saturated heterocycles. The molecule has 164 valence electrons. The number of hydrogen-bond acceptors (Lipinski definition) is 4. The SMILES string of the molecule is CC[C@@H](C)N1C(=O)[C@@H]2[C@H](C1=O)[C@H]1C=C(C)c3ccccc3N1[C@H]2C(=O)c1ccc(Cl)cc1. The summed E-state index contributed by atoms with van der Waals surface area (Å²) < 4.78 is 0. The first kappa shape index (κ1) is 21.0. The summed E-state index contributed by atoms with van der Waals surface area (Å²) in [5.41, 5.74) is 3.47. The molecule has 0 bridgehead atoms. The zero-order valence-electron chi connectivity index (χ0n) is 18.3. The van der Waals surface area contributed by atoms with E-state index in [4.69, 9.17) is 11.6 Å². The maximum absolute atomic E-state index is 13.9. The Hall–Kier alpha value is -2.92. The lowest BCUT2D eigenvalue weighted by atomic mass is 9.85. The maximum Gasteiger partial charge on any atom is 0.236 e. The van der Waals surface area contributed by atoms with Crippen LogP contribution in [0.15, 0.2) is 54.6 Å². The molecule has 0 radical (unpaired) electrons. The minimum absolute atomic E-state index is 0.158. The summed E-state index contributed by atoms with van der Waals surface area (Å²) in [6.07, 6.45) is 2.74. The van der Waals surface area contributed by atoms with Crippen molar-refractivity contribution in [1.82, 2.24) is 4.90 Å². The largest absolute Gasteiger partial charge is 0.352 e. The van der Waals surface area contributed by atoms with E-state index in [0.29, 0.717) is 17.0 Å². The van der Waals surface area contributed by atoms with Gasteiger partial charge in [0, 0.05) is 27.9 Å². The predicted octanol–water partition coefficient (Wildman–Crippen LogP) is 4.60. The number of allylic oxidation sites excluding steroid dienone is 1. The van der Waals surface area contributed by atoms with Crippen molar-refractivity contribution in [2.24, 2.45) is 11.8 Å². The van der Waals surface area contributed by atoms with Crippen LogP contribution >= 0.6 is 11.6 Å². The zero-order valence-corrected chi connectivity index (χ0v) is 19.0. The molecule has 0 spiro atoms. The highest BCUT2D eigenvalue weighted by atomic mass is 35.5. The zero-order chi connectivity index (χ0) is 22.7.